The van der Waals surface area contributed by atoms with Gasteiger partial charge < -0.3 is 11.5 Å². The Morgan fingerprint density at radius 2 is 1.84 bits per heavy atom. The fourth-order valence-electron chi connectivity index (χ4n) is 1.99. The number of hydrogen-bond donors (Lipinski definition) is 2. The lowest BCUT2D eigenvalue weighted by molar-refractivity contribution is -0.136. The van der Waals surface area contributed by atoms with Crippen LogP contribution in [0.15, 0.2) is 18.2 Å². The summed E-state index contributed by atoms with van der Waals surface area (Å²) in [5.41, 5.74) is 9.92. The monoisotopic (exact) mass is 268 g/mol. The van der Waals surface area contributed by atoms with E-state index in [1.807, 2.05) is 0 Å². The van der Waals surface area contributed by atoms with Crippen LogP contribution in [0.25, 0.3) is 10.9 Å². The molecule has 1 fully saturated rings. The van der Waals surface area contributed by atoms with E-state index >= 15 is 0 Å². The Morgan fingerprint density at radius 3 is 2.42 bits per heavy atom. The van der Waals surface area contributed by atoms with Gasteiger partial charge in [0.2, 0.25) is 0 Å². The number of benzene rings is 1. The molecule has 0 saturated heterocycles. The molecule has 1 heterocycles. The zero-order valence-corrected chi connectivity index (χ0v) is 9.83. The first-order chi connectivity index (χ1) is 8.81. The molecule has 4 nitrogen and oxygen atoms in total. The second-order valence-corrected chi connectivity index (χ2v) is 4.79. The summed E-state index contributed by atoms with van der Waals surface area (Å²) >= 11 is 0. The molecule has 1 aliphatic carbocycles. The SMILES string of the molecule is Nc1nc(C2(N)CC2)nc2c(C(F)(F)F)cccc12. The zero-order chi connectivity index (χ0) is 13.8. The van der Waals surface area contributed by atoms with Crippen LogP contribution in [-0.2, 0) is 11.7 Å². The number of anilines is 1. The van der Waals surface area contributed by atoms with Crippen molar-refractivity contribution in [2.24, 2.45) is 5.73 Å². The highest BCUT2D eigenvalue weighted by molar-refractivity contribution is 5.90. The quantitative estimate of drug-likeness (QED) is 0.831. The van der Waals surface area contributed by atoms with E-state index in [2.05, 4.69) is 9.97 Å². The van der Waals surface area contributed by atoms with Gasteiger partial charge in [0, 0.05) is 5.39 Å². The van der Waals surface area contributed by atoms with E-state index in [-0.39, 0.29) is 22.5 Å². The summed E-state index contributed by atoms with van der Waals surface area (Å²) in [6.07, 6.45) is -3.17. The second-order valence-electron chi connectivity index (χ2n) is 4.79. The van der Waals surface area contributed by atoms with Crippen LogP contribution in [0.2, 0.25) is 0 Å². The Bertz CT molecular complexity index is 662. The molecular formula is C12H11F3N4. The summed E-state index contributed by atoms with van der Waals surface area (Å²) in [5, 5.41) is 0.197. The van der Waals surface area contributed by atoms with Crippen molar-refractivity contribution in [1.82, 2.24) is 9.97 Å². The average Bonchev–Trinajstić information content (AvgIpc) is 3.07. The summed E-state index contributed by atoms with van der Waals surface area (Å²) in [5.74, 6) is 0.219. The third-order valence-corrected chi connectivity index (χ3v) is 3.30. The highest BCUT2D eigenvalue weighted by Crippen LogP contribution is 2.42. The van der Waals surface area contributed by atoms with Gasteiger partial charge in [0.25, 0.3) is 0 Å². The largest absolute Gasteiger partial charge is 0.418 e. The van der Waals surface area contributed by atoms with E-state index in [1.54, 1.807) is 0 Å². The summed E-state index contributed by atoms with van der Waals surface area (Å²) < 4.78 is 38.9. The van der Waals surface area contributed by atoms with Crippen LogP contribution >= 0.6 is 0 Å². The normalized spacial score (nSPS) is 17.7. The molecule has 1 aliphatic rings. The minimum atomic E-state index is -4.48. The minimum absolute atomic E-state index is 0.0304. The van der Waals surface area contributed by atoms with Crippen molar-refractivity contribution in [3.05, 3.63) is 29.6 Å². The van der Waals surface area contributed by atoms with Crippen molar-refractivity contribution in [2.45, 2.75) is 24.6 Å². The molecule has 2 aromatic rings. The molecule has 0 spiro atoms. The molecule has 19 heavy (non-hydrogen) atoms. The molecule has 3 rings (SSSR count). The van der Waals surface area contributed by atoms with Gasteiger partial charge in [-0.2, -0.15) is 13.2 Å². The molecule has 100 valence electrons. The van der Waals surface area contributed by atoms with Gasteiger partial charge >= 0.3 is 6.18 Å². The van der Waals surface area contributed by atoms with Crippen LogP contribution in [-0.4, -0.2) is 9.97 Å². The van der Waals surface area contributed by atoms with Crippen molar-refractivity contribution in [3.8, 4) is 0 Å². The third-order valence-electron chi connectivity index (χ3n) is 3.30. The average molecular weight is 268 g/mol. The lowest BCUT2D eigenvalue weighted by atomic mass is 10.1. The minimum Gasteiger partial charge on any atom is -0.383 e. The molecule has 0 amide bonds. The number of nitrogens with two attached hydrogens (primary N) is 2. The molecule has 0 bridgehead atoms. The van der Waals surface area contributed by atoms with E-state index < -0.39 is 17.3 Å². The Labute approximate surface area is 106 Å². The van der Waals surface area contributed by atoms with Gasteiger partial charge in [-0.25, -0.2) is 9.97 Å². The molecule has 1 aromatic carbocycles. The van der Waals surface area contributed by atoms with Crippen LogP contribution in [0, 0.1) is 0 Å². The molecular weight excluding hydrogens is 257 g/mol. The number of para-hydroxylation sites is 1. The van der Waals surface area contributed by atoms with Gasteiger partial charge in [-0.1, -0.05) is 6.07 Å². The lowest BCUT2D eigenvalue weighted by Crippen LogP contribution is -2.23. The fourth-order valence-corrected chi connectivity index (χ4v) is 1.99. The number of nitrogen functional groups attached to an aromatic ring is 1. The smallest absolute Gasteiger partial charge is 0.383 e. The molecule has 0 unspecified atom stereocenters. The maximum absolute atomic E-state index is 13.0. The van der Waals surface area contributed by atoms with Gasteiger partial charge in [-0.3, -0.25) is 0 Å². The maximum Gasteiger partial charge on any atom is 0.418 e. The molecule has 7 heteroatoms. The van der Waals surface area contributed by atoms with Gasteiger partial charge in [0.15, 0.2) is 5.82 Å². The van der Waals surface area contributed by atoms with E-state index in [4.69, 9.17) is 11.5 Å². The Hall–Kier alpha value is -1.89. The van der Waals surface area contributed by atoms with Crippen LogP contribution in [0.1, 0.15) is 24.2 Å². The topological polar surface area (TPSA) is 77.8 Å². The Morgan fingerprint density at radius 1 is 1.16 bits per heavy atom. The summed E-state index contributed by atoms with van der Waals surface area (Å²) in [4.78, 5) is 8.03. The molecule has 0 atom stereocenters. The Balaban J connectivity index is 2.32. The molecule has 0 radical (unpaired) electrons. The highest BCUT2D eigenvalue weighted by Gasteiger charge is 2.44. The summed E-state index contributed by atoms with van der Waals surface area (Å²) in [6.45, 7) is 0. The van der Waals surface area contributed by atoms with Crippen molar-refractivity contribution >= 4 is 16.7 Å². The van der Waals surface area contributed by atoms with Crippen molar-refractivity contribution < 1.29 is 13.2 Å². The van der Waals surface area contributed by atoms with Gasteiger partial charge in [0.1, 0.15) is 5.82 Å². The summed E-state index contributed by atoms with van der Waals surface area (Å²) in [7, 11) is 0. The molecule has 1 aromatic heterocycles. The first-order valence-electron chi connectivity index (χ1n) is 5.74. The predicted molar refractivity (Wildman–Crippen MR) is 64.1 cm³/mol. The summed E-state index contributed by atoms with van der Waals surface area (Å²) in [6, 6.07) is 3.74. The number of rotatable bonds is 1. The van der Waals surface area contributed by atoms with Crippen molar-refractivity contribution in [2.75, 3.05) is 5.73 Å². The number of alkyl halides is 3. The van der Waals surface area contributed by atoms with Crippen molar-refractivity contribution in [3.63, 3.8) is 0 Å². The maximum atomic E-state index is 13.0. The lowest BCUT2D eigenvalue weighted by Gasteiger charge is -2.14. The predicted octanol–water partition coefficient (Wildman–Crippen LogP) is 2.18. The number of nitrogens with zero attached hydrogens (tertiary/aromatic N) is 2. The van der Waals surface area contributed by atoms with Gasteiger partial charge in [-0.15, -0.1) is 0 Å². The first kappa shape index (κ1) is 12.2. The van der Waals surface area contributed by atoms with Gasteiger partial charge in [-0.05, 0) is 25.0 Å². The van der Waals surface area contributed by atoms with Crippen molar-refractivity contribution in [1.29, 1.82) is 0 Å². The van der Waals surface area contributed by atoms with Crippen LogP contribution in [0.4, 0.5) is 19.0 Å². The number of hydrogen-bond acceptors (Lipinski definition) is 4. The fraction of sp³-hybridized carbons (Fsp3) is 0.333. The second kappa shape index (κ2) is 3.57. The van der Waals surface area contributed by atoms with E-state index in [1.165, 1.54) is 12.1 Å². The standard InChI is InChI=1S/C12H11F3N4/c13-12(14,15)7-3-1-2-6-8(7)18-10(19-9(6)16)11(17)4-5-11/h1-3H,4-5,17H2,(H2,16,18,19). The van der Waals surface area contributed by atoms with Gasteiger partial charge in [0.05, 0.1) is 16.6 Å². The highest BCUT2D eigenvalue weighted by atomic mass is 19.4. The van der Waals surface area contributed by atoms with Crippen LogP contribution < -0.4 is 11.5 Å². The van der Waals surface area contributed by atoms with E-state index in [0.717, 1.165) is 6.07 Å². The third kappa shape index (κ3) is 1.90. The Kier molecular flexibility index (Phi) is 2.28. The first-order valence-corrected chi connectivity index (χ1v) is 5.74. The van der Waals surface area contributed by atoms with E-state index in [9.17, 15) is 13.2 Å². The molecule has 4 N–H and O–H groups in total. The number of fused-ring (bicyclic) bond motifs is 1. The number of aromatic nitrogens is 2. The molecule has 0 aliphatic heterocycles. The molecule has 1 saturated carbocycles. The number of halogens is 3. The zero-order valence-electron chi connectivity index (χ0n) is 9.83. The van der Waals surface area contributed by atoms with E-state index in [0.29, 0.717) is 12.8 Å². The van der Waals surface area contributed by atoms with Crippen LogP contribution in [0.5, 0.6) is 0 Å². The van der Waals surface area contributed by atoms with Crippen LogP contribution in [0.3, 0.4) is 0 Å².